The van der Waals surface area contributed by atoms with Crippen LogP contribution in [-0.4, -0.2) is 25.0 Å². The molecule has 0 fully saturated rings. The lowest BCUT2D eigenvalue weighted by Gasteiger charge is -2.28. The molecular weight excluding hydrogens is 194 g/mol. The van der Waals surface area contributed by atoms with Crippen molar-refractivity contribution in [1.29, 1.82) is 0 Å². The van der Waals surface area contributed by atoms with Crippen molar-refractivity contribution < 1.29 is 4.79 Å². The minimum Gasteiger partial charge on any atom is -0.368 e. The predicted octanol–water partition coefficient (Wildman–Crippen LogP) is 1.18. The average Bonchev–Trinajstić information content (AvgIpc) is 2.08. The minimum atomic E-state index is -0.358. The molecule has 0 aromatic carbocycles. The number of primary amides is 1. The van der Waals surface area contributed by atoms with Crippen LogP contribution in [0.2, 0.25) is 0 Å². The van der Waals surface area contributed by atoms with Crippen LogP contribution in [0.5, 0.6) is 0 Å². The molecule has 0 radical (unpaired) electrons. The van der Waals surface area contributed by atoms with Crippen LogP contribution in [0.1, 0.15) is 27.2 Å². The van der Waals surface area contributed by atoms with Crippen LogP contribution >= 0.6 is 0 Å². The van der Waals surface area contributed by atoms with E-state index in [1.54, 1.807) is 0 Å². The lowest BCUT2D eigenvalue weighted by atomic mass is 9.86. The second kappa shape index (κ2) is 6.27. The molecule has 6 nitrogen and oxygen atoms in total. The molecular formula is C9H19N5O. The first kappa shape index (κ1) is 13.7. The van der Waals surface area contributed by atoms with Crippen LogP contribution < -0.4 is 11.1 Å². The number of hydrogen-bond acceptors (Lipinski definition) is 3. The fourth-order valence-corrected chi connectivity index (χ4v) is 1.27. The highest BCUT2D eigenvalue weighted by Gasteiger charge is 2.28. The van der Waals surface area contributed by atoms with E-state index in [2.05, 4.69) is 15.3 Å². The number of hydrogen-bond donors (Lipinski definition) is 2. The molecule has 0 rings (SSSR count). The average molecular weight is 213 g/mol. The predicted molar refractivity (Wildman–Crippen MR) is 59.1 cm³/mol. The smallest absolute Gasteiger partial charge is 0.235 e. The van der Waals surface area contributed by atoms with Crippen molar-refractivity contribution in [2.75, 3.05) is 13.1 Å². The van der Waals surface area contributed by atoms with E-state index in [4.69, 9.17) is 11.3 Å². The van der Waals surface area contributed by atoms with Gasteiger partial charge in [-0.25, -0.2) is 0 Å². The summed E-state index contributed by atoms with van der Waals surface area (Å²) >= 11 is 0. The first-order valence-corrected chi connectivity index (χ1v) is 4.93. The monoisotopic (exact) mass is 213 g/mol. The standard InChI is InChI=1S/C9H19N5O/c1-9(2,3)7(8(10)15)12-5-4-6-13-14-11/h7,12H,4-6H2,1-3H3,(H2,10,15). The highest BCUT2D eigenvalue weighted by Crippen LogP contribution is 2.18. The summed E-state index contributed by atoms with van der Waals surface area (Å²) in [5.74, 6) is -0.355. The Hall–Kier alpha value is -1.26. The van der Waals surface area contributed by atoms with Crippen LogP contribution in [0, 0.1) is 5.41 Å². The fourth-order valence-electron chi connectivity index (χ4n) is 1.27. The molecule has 0 aliphatic carbocycles. The quantitative estimate of drug-likeness (QED) is 0.299. The summed E-state index contributed by atoms with van der Waals surface area (Å²) in [5, 5.41) is 6.46. The number of azide groups is 1. The first-order valence-electron chi connectivity index (χ1n) is 4.93. The topological polar surface area (TPSA) is 104 Å². The lowest BCUT2D eigenvalue weighted by molar-refractivity contribution is -0.122. The van der Waals surface area contributed by atoms with Gasteiger partial charge in [-0.05, 0) is 23.9 Å². The second-order valence-corrected chi connectivity index (χ2v) is 4.46. The van der Waals surface area contributed by atoms with Gasteiger partial charge in [-0.3, -0.25) is 4.79 Å². The maximum atomic E-state index is 11.1. The molecule has 86 valence electrons. The van der Waals surface area contributed by atoms with Gasteiger partial charge in [0.15, 0.2) is 0 Å². The molecule has 0 aliphatic rings. The number of nitrogens with one attached hydrogen (secondary N) is 1. The molecule has 0 aromatic rings. The molecule has 1 atom stereocenters. The Balaban J connectivity index is 3.99. The van der Waals surface area contributed by atoms with Crippen molar-refractivity contribution in [3.8, 4) is 0 Å². The van der Waals surface area contributed by atoms with Crippen molar-refractivity contribution in [3.05, 3.63) is 10.4 Å². The molecule has 0 saturated heterocycles. The number of rotatable bonds is 6. The summed E-state index contributed by atoms with van der Waals surface area (Å²) in [6.45, 7) is 6.89. The van der Waals surface area contributed by atoms with E-state index in [-0.39, 0.29) is 17.4 Å². The van der Waals surface area contributed by atoms with E-state index >= 15 is 0 Å². The highest BCUT2D eigenvalue weighted by molar-refractivity contribution is 5.80. The zero-order valence-corrected chi connectivity index (χ0v) is 9.53. The van der Waals surface area contributed by atoms with E-state index in [1.807, 2.05) is 20.8 Å². The molecule has 0 saturated carbocycles. The van der Waals surface area contributed by atoms with Crippen LogP contribution in [0.15, 0.2) is 5.11 Å². The van der Waals surface area contributed by atoms with E-state index in [0.29, 0.717) is 19.5 Å². The molecule has 0 heterocycles. The Kier molecular flexibility index (Phi) is 5.74. The molecule has 1 amide bonds. The third-order valence-corrected chi connectivity index (χ3v) is 2.00. The summed E-state index contributed by atoms with van der Waals surface area (Å²) in [7, 11) is 0. The van der Waals surface area contributed by atoms with Gasteiger partial charge in [0.2, 0.25) is 5.91 Å². The summed E-state index contributed by atoms with van der Waals surface area (Å²) < 4.78 is 0. The Morgan fingerprint density at radius 3 is 2.60 bits per heavy atom. The minimum absolute atomic E-state index is 0.204. The van der Waals surface area contributed by atoms with Crippen molar-refractivity contribution in [1.82, 2.24) is 5.32 Å². The third kappa shape index (κ3) is 5.93. The normalized spacial score (nSPS) is 13.0. The van der Waals surface area contributed by atoms with Gasteiger partial charge >= 0.3 is 0 Å². The van der Waals surface area contributed by atoms with E-state index in [1.165, 1.54) is 0 Å². The Bertz CT molecular complexity index is 252. The Morgan fingerprint density at radius 1 is 1.60 bits per heavy atom. The Morgan fingerprint density at radius 2 is 2.20 bits per heavy atom. The number of nitrogens with two attached hydrogens (primary N) is 1. The number of carbonyl (C=O) groups is 1. The molecule has 0 bridgehead atoms. The maximum Gasteiger partial charge on any atom is 0.235 e. The zero-order chi connectivity index (χ0) is 11.9. The molecule has 1 unspecified atom stereocenters. The summed E-state index contributed by atoms with van der Waals surface area (Å²) in [4.78, 5) is 13.8. The number of amides is 1. The van der Waals surface area contributed by atoms with Crippen LogP contribution in [-0.2, 0) is 4.79 Å². The highest BCUT2D eigenvalue weighted by atomic mass is 16.1. The number of nitrogens with zero attached hydrogens (tertiary/aromatic N) is 3. The van der Waals surface area contributed by atoms with Crippen molar-refractivity contribution in [2.24, 2.45) is 16.3 Å². The van der Waals surface area contributed by atoms with E-state index in [0.717, 1.165) is 0 Å². The molecule has 0 spiro atoms. The van der Waals surface area contributed by atoms with Crippen LogP contribution in [0.4, 0.5) is 0 Å². The van der Waals surface area contributed by atoms with Gasteiger partial charge in [0.05, 0.1) is 6.04 Å². The van der Waals surface area contributed by atoms with Gasteiger partial charge in [0.1, 0.15) is 0 Å². The van der Waals surface area contributed by atoms with Gasteiger partial charge in [-0.2, -0.15) is 0 Å². The molecule has 0 aromatic heterocycles. The van der Waals surface area contributed by atoms with Crippen molar-refractivity contribution in [2.45, 2.75) is 33.2 Å². The SMILES string of the molecule is CC(C)(C)C(NCCCN=[N+]=[N-])C(N)=O. The summed E-state index contributed by atoms with van der Waals surface area (Å²) in [6, 6.07) is -0.358. The summed E-state index contributed by atoms with van der Waals surface area (Å²) in [5.41, 5.74) is 13.1. The maximum absolute atomic E-state index is 11.1. The summed E-state index contributed by atoms with van der Waals surface area (Å²) in [6.07, 6.45) is 0.698. The molecule has 6 heteroatoms. The van der Waals surface area contributed by atoms with Crippen LogP contribution in [0.25, 0.3) is 10.4 Å². The molecule has 15 heavy (non-hydrogen) atoms. The third-order valence-electron chi connectivity index (χ3n) is 2.00. The van der Waals surface area contributed by atoms with Crippen LogP contribution in [0.3, 0.4) is 0 Å². The molecule has 3 N–H and O–H groups in total. The van der Waals surface area contributed by atoms with Gasteiger partial charge in [0.25, 0.3) is 0 Å². The molecule has 0 aliphatic heterocycles. The van der Waals surface area contributed by atoms with E-state index < -0.39 is 0 Å². The largest absolute Gasteiger partial charge is 0.368 e. The number of carbonyl (C=O) groups excluding carboxylic acids is 1. The zero-order valence-electron chi connectivity index (χ0n) is 9.53. The van der Waals surface area contributed by atoms with Crippen molar-refractivity contribution >= 4 is 5.91 Å². The van der Waals surface area contributed by atoms with Crippen molar-refractivity contribution in [3.63, 3.8) is 0 Å². The Labute approximate surface area is 89.8 Å². The van der Waals surface area contributed by atoms with Gasteiger partial charge in [-0.1, -0.05) is 25.9 Å². The fraction of sp³-hybridized carbons (Fsp3) is 0.889. The van der Waals surface area contributed by atoms with E-state index in [9.17, 15) is 4.79 Å². The van der Waals surface area contributed by atoms with Gasteiger partial charge < -0.3 is 11.1 Å². The van der Waals surface area contributed by atoms with Gasteiger partial charge in [-0.15, -0.1) is 0 Å². The first-order chi connectivity index (χ1) is 6.89. The lowest BCUT2D eigenvalue weighted by Crippen LogP contribution is -2.50. The second-order valence-electron chi connectivity index (χ2n) is 4.46. The van der Waals surface area contributed by atoms with Gasteiger partial charge in [0, 0.05) is 11.5 Å².